The quantitative estimate of drug-likeness (QED) is 0.0351. The summed E-state index contributed by atoms with van der Waals surface area (Å²) in [7, 11) is 0. The maximum Gasteiger partial charge on any atom is 0.305 e. The first-order valence-corrected chi connectivity index (χ1v) is 23.5. The molecule has 0 aromatic rings. The van der Waals surface area contributed by atoms with E-state index < -0.39 is 5.41 Å². The summed E-state index contributed by atoms with van der Waals surface area (Å²) in [4.78, 5) is 38.3. The van der Waals surface area contributed by atoms with Crippen molar-refractivity contribution in [1.29, 1.82) is 0 Å². The zero-order valence-corrected chi connectivity index (χ0v) is 37.2. The number of carbonyl (C=O) groups excluding carboxylic acids is 3. The Morgan fingerprint density at radius 2 is 0.556 bits per heavy atom. The molecule has 0 aliphatic rings. The van der Waals surface area contributed by atoms with Crippen molar-refractivity contribution in [3.63, 3.8) is 0 Å². The normalized spacial score (nSPS) is 11.9. The van der Waals surface area contributed by atoms with Crippen molar-refractivity contribution in [3.8, 4) is 0 Å². The SMILES string of the molecule is CCC(COC(=O)CCCCCCCCCCC(C)C)(COC(=O)CCCCCCCCCCC(C)C)COC(=O)CCCCCCCCCCC(C)C. The van der Waals surface area contributed by atoms with E-state index in [4.69, 9.17) is 14.2 Å². The molecule has 0 spiro atoms. The zero-order chi connectivity index (χ0) is 40.1. The van der Waals surface area contributed by atoms with E-state index in [0.29, 0.717) is 25.7 Å². The fourth-order valence-corrected chi connectivity index (χ4v) is 7.00. The Labute approximate surface area is 336 Å². The molecule has 0 fully saturated rings. The minimum Gasteiger partial charge on any atom is -0.465 e. The number of unbranched alkanes of at least 4 members (excludes halogenated alkanes) is 21. The molecule has 320 valence electrons. The second-order valence-electron chi connectivity index (χ2n) is 18.1. The molecule has 0 heterocycles. The molecule has 0 aromatic heterocycles. The molecule has 6 heteroatoms. The molecular weight excluding hydrogens is 673 g/mol. The second-order valence-corrected chi connectivity index (χ2v) is 18.1. The van der Waals surface area contributed by atoms with Crippen LogP contribution in [-0.4, -0.2) is 37.7 Å². The van der Waals surface area contributed by atoms with E-state index in [1.54, 1.807) is 0 Å². The van der Waals surface area contributed by atoms with Gasteiger partial charge >= 0.3 is 17.9 Å². The number of esters is 3. The summed E-state index contributed by atoms with van der Waals surface area (Å²) < 4.78 is 17.3. The molecule has 0 aromatic carbocycles. The third kappa shape index (κ3) is 36.1. The van der Waals surface area contributed by atoms with Gasteiger partial charge in [0.2, 0.25) is 0 Å². The van der Waals surface area contributed by atoms with Gasteiger partial charge in [-0.25, -0.2) is 0 Å². The highest BCUT2D eigenvalue weighted by Crippen LogP contribution is 2.26. The Hall–Kier alpha value is -1.59. The summed E-state index contributed by atoms with van der Waals surface area (Å²) in [6.07, 6.45) is 34.1. The van der Waals surface area contributed by atoms with Crippen molar-refractivity contribution in [1.82, 2.24) is 0 Å². The molecule has 0 radical (unpaired) electrons. The number of rotatable bonds is 40. The van der Waals surface area contributed by atoms with Crippen molar-refractivity contribution in [2.75, 3.05) is 19.8 Å². The van der Waals surface area contributed by atoms with Crippen LogP contribution in [0.2, 0.25) is 0 Å². The summed E-state index contributed by atoms with van der Waals surface area (Å²) in [5.74, 6) is 1.72. The van der Waals surface area contributed by atoms with E-state index >= 15 is 0 Å². The Balaban J connectivity index is 4.63. The van der Waals surface area contributed by atoms with Crippen LogP contribution in [0.1, 0.15) is 248 Å². The Bertz CT molecular complexity index is 758. The summed E-state index contributed by atoms with van der Waals surface area (Å²) in [6.45, 7) is 16.0. The van der Waals surface area contributed by atoms with Gasteiger partial charge in [-0.05, 0) is 43.4 Å². The minimum absolute atomic E-state index is 0.0909. The molecule has 6 nitrogen and oxygen atoms in total. The maximum absolute atomic E-state index is 12.8. The van der Waals surface area contributed by atoms with Crippen molar-refractivity contribution < 1.29 is 28.6 Å². The molecule has 0 saturated carbocycles. The van der Waals surface area contributed by atoms with Crippen LogP contribution in [0.5, 0.6) is 0 Å². The van der Waals surface area contributed by atoms with Gasteiger partial charge in [0.15, 0.2) is 0 Å². The fraction of sp³-hybridized carbons (Fsp3) is 0.938. The van der Waals surface area contributed by atoms with Crippen LogP contribution in [0.4, 0.5) is 0 Å². The van der Waals surface area contributed by atoms with Crippen molar-refractivity contribution >= 4 is 17.9 Å². The highest BCUT2D eigenvalue weighted by atomic mass is 16.6. The maximum atomic E-state index is 12.8. The lowest BCUT2D eigenvalue weighted by atomic mass is 9.88. The summed E-state index contributed by atoms with van der Waals surface area (Å²) in [5, 5.41) is 0. The Morgan fingerprint density at radius 3 is 0.759 bits per heavy atom. The van der Waals surface area contributed by atoms with E-state index in [1.165, 1.54) is 116 Å². The van der Waals surface area contributed by atoms with Gasteiger partial charge in [-0.3, -0.25) is 14.4 Å². The number of carbonyl (C=O) groups is 3. The molecule has 0 bridgehead atoms. The molecule has 0 aliphatic carbocycles. The molecule has 0 unspecified atom stereocenters. The highest BCUT2D eigenvalue weighted by molar-refractivity contribution is 5.70. The average molecular weight is 765 g/mol. The number of hydrogen-bond acceptors (Lipinski definition) is 6. The number of hydrogen-bond donors (Lipinski definition) is 0. The van der Waals surface area contributed by atoms with Crippen LogP contribution in [-0.2, 0) is 28.6 Å². The first kappa shape index (κ1) is 52.4. The molecule has 54 heavy (non-hydrogen) atoms. The molecular formula is C48H92O6. The zero-order valence-electron chi connectivity index (χ0n) is 37.2. The molecule has 0 atom stereocenters. The topological polar surface area (TPSA) is 78.9 Å². The van der Waals surface area contributed by atoms with Crippen LogP contribution in [0.3, 0.4) is 0 Å². The summed E-state index contributed by atoms with van der Waals surface area (Å²) in [5.41, 5.74) is -0.734. The van der Waals surface area contributed by atoms with Crippen LogP contribution in [0, 0.1) is 23.2 Å². The first-order chi connectivity index (χ1) is 26.0. The minimum atomic E-state index is -0.734. The first-order valence-electron chi connectivity index (χ1n) is 23.5. The van der Waals surface area contributed by atoms with Gasteiger partial charge in [0.25, 0.3) is 0 Å². The fourth-order valence-electron chi connectivity index (χ4n) is 7.00. The van der Waals surface area contributed by atoms with Crippen LogP contribution < -0.4 is 0 Å². The van der Waals surface area contributed by atoms with Gasteiger partial charge < -0.3 is 14.2 Å². The molecule has 0 saturated heterocycles. The predicted molar refractivity (Wildman–Crippen MR) is 229 cm³/mol. The Morgan fingerprint density at radius 1 is 0.352 bits per heavy atom. The third-order valence-corrected chi connectivity index (χ3v) is 11.1. The van der Waals surface area contributed by atoms with Gasteiger partial charge in [-0.15, -0.1) is 0 Å². The summed E-state index contributed by atoms with van der Waals surface area (Å²) in [6, 6.07) is 0. The van der Waals surface area contributed by atoms with Gasteiger partial charge in [0, 0.05) is 19.3 Å². The second kappa shape index (κ2) is 37.0. The van der Waals surface area contributed by atoms with Gasteiger partial charge in [-0.2, -0.15) is 0 Å². The third-order valence-electron chi connectivity index (χ3n) is 11.1. The molecule has 0 amide bonds. The van der Waals surface area contributed by atoms with Crippen LogP contribution in [0.15, 0.2) is 0 Å². The largest absolute Gasteiger partial charge is 0.465 e. The van der Waals surface area contributed by atoms with Gasteiger partial charge in [0.05, 0.1) is 5.41 Å². The van der Waals surface area contributed by atoms with Crippen molar-refractivity contribution in [2.45, 2.75) is 248 Å². The van der Waals surface area contributed by atoms with Crippen molar-refractivity contribution in [3.05, 3.63) is 0 Å². The van der Waals surface area contributed by atoms with E-state index in [2.05, 4.69) is 41.5 Å². The van der Waals surface area contributed by atoms with E-state index in [1.807, 2.05) is 6.92 Å². The molecule has 0 rings (SSSR count). The van der Waals surface area contributed by atoms with E-state index in [-0.39, 0.29) is 37.7 Å². The van der Waals surface area contributed by atoms with Crippen molar-refractivity contribution in [2.24, 2.45) is 23.2 Å². The van der Waals surface area contributed by atoms with Crippen LogP contribution in [0.25, 0.3) is 0 Å². The smallest absolute Gasteiger partial charge is 0.305 e. The monoisotopic (exact) mass is 765 g/mol. The average Bonchev–Trinajstić information content (AvgIpc) is 3.13. The lowest BCUT2D eigenvalue weighted by Crippen LogP contribution is -2.39. The molecule has 0 N–H and O–H groups in total. The standard InChI is InChI=1S/C48H92O6/c1-8-48(39-52-45(49)36-30-24-18-12-9-15-21-27-33-42(2)3,40-53-46(50)37-31-25-19-13-10-16-22-28-34-43(4)5)41-54-47(51)38-32-26-20-14-11-17-23-29-35-44(6)7/h42-44H,8-41H2,1-7H3. The Kier molecular flexibility index (Phi) is 35.9. The van der Waals surface area contributed by atoms with E-state index in [9.17, 15) is 14.4 Å². The predicted octanol–water partition coefficient (Wildman–Crippen LogP) is 14.7. The van der Waals surface area contributed by atoms with Gasteiger partial charge in [-0.1, -0.05) is 203 Å². The highest BCUT2D eigenvalue weighted by Gasteiger charge is 2.34. The molecule has 0 aliphatic heterocycles. The number of ether oxygens (including phenoxy) is 3. The van der Waals surface area contributed by atoms with Gasteiger partial charge in [0.1, 0.15) is 19.8 Å². The van der Waals surface area contributed by atoms with E-state index in [0.717, 1.165) is 75.5 Å². The van der Waals surface area contributed by atoms with Crippen LogP contribution >= 0.6 is 0 Å². The lowest BCUT2D eigenvalue weighted by Gasteiger charge is -2.31. The lowest BCUT2D eigenvalue weighted by molar-refractivity contribution is -0.162. The summed E-state index contributed by atoms with van der Waals surface area (Å²) >= 11 is 0.